The molecule has 19 heavy (non-hydrogen) atoms. The Bertz CT molecular complexity index is 383. The molecule has 0 amide bonds. The second-order valence-electron chi connectivity index (χ2n) is 4.01. The molecule has 1 atom stereocenters. The van der Waals surface area contributed by atoms with Gasteiger partial charge in [-0.2, -0.15) is 0 Å². The fraction of sp³-hybridized carbons (Fsp3) is 0.818. The summed E-state index contributed by atoms with van der Waals surface area (Å²) in [6.07, 6.45) is 0.390. The molecular formula is C11H20N4O4. The fourth-order valence-corrected chi connectivity index (χ4v) is 1.58. The van der Waals surface area contributed by atoms with Crippen molar-refractivity contribution < 1.29 is 19.4 Å². The highest BCUT2D eigenvalue weighted by atomic mass is 16.5. The maximum absolute atomic E-state index is 10.7. The van der Waals surface area contributed by atoms with Crippen LogP contribution in [-0.4, -0.2) is 50.6 Å². The molecule has 8 nitrogen and oxygen atoms in total. The summed E-state index contributed by atoms with van der Waals surface area (Å²) in [5, 5.41) is 20.1. The molecule has 1 unspecified atom stereocenters. The van der Waals surface area contributed by atoms with Crippen molar-refractivity contribution in [3.63, 3.8) is 0 Å². The van der Waals surface area contributed by atoms with Crippen LogP contribution in [-0.2, 0) is 27.4 Å². The number of nitrogens with zero attached hydrogens (tertiary/aromatic N) is 4. The minimum atomic E-state index is -0.907. The van der Waals surface area contributed by atoms with Crippen LogP contribution in [0.1, 0.15) is 32.5 Å². The van der Waals surface area contributed by atoms with E-state index in [0.29, 0.717) is 32.2 Å². The van der Waals surface area contributed by atoms with Crippen LogP contribution in [0.5, 0.6) is 0 Å². The van der Waals surface area contributed by atoms with Crippen molar-refractivity contribution in [2.24, 2.45) is 0 Å². The normalized spacial score (nSPS) is 12.5. The molecule has 0 saturated heterocycles. The number of carboxylic acid groups (broad SMARTS) is 1. The van der Waals surface area contributed by atoms with Crippen molar-refractivity contribution in [3.05, 3.63) is 5.82 Å². The Morgan fingerprint density at radius 3 is 2.89 bits per heavy atom. The lowest BCUT2D eigenvalue weighted by Crippen LogP contribution is -2.25. The molecule has 1 N–H and O–H groups in total. The average Bonchev–Trinajstić information content (AvgIpc) is 2.76. The zero-order valence-electron chi connectivity index (χ0n) is 11.3. The van der Waals surface area contributed by atoms with Gasteiger partial charge in [-0.15, -0.1) is 5.10 Å². The SMILES string of the molecule is CCCOCc1nnnn1CC(CC(=O)O)OCC. The van der Waals surface area contributed by atoms with Gasteiger partial charge in [-0.1, -0.05) is 6.92 Å². The molecular weight excluding hydrogens is 252 g/mol. The summed E-state index contributed by atoms with van der Waals surface area (Å²) in [7, 11) is 0. The van der Waals surface area contributed by atoms with E-state index in [1.54, 1.807) is 0 Å². The number of rotatable bonds is 10. The summed E-state index contributed by atoms with van der Waals surface area (Å²) in [5.41, 5.74) is 0. The van der Waals surface area contributed by atoms with Crippen molar-refractivity contribution in [1.82, 2.24) is 20.2 Å². The van der Waals surface area contributed by atoms with Crippen molar-refractivity contribution in [1.29, 1.82) is 0 Å². The van der Waals surface area contributed by atoms with E-state index in [-0.39, 0.29) is 6.42 Å². The molecule has 1 aromatic heterocycles. The van der Waals surface area contributed by atoms with Gasteiger partial charge < -0.3 is 14.6 Å². The predicted molar refractivity (Wildman–Crippen MR) is 65.4 cm³/mol. The maximum Gasteiger partial charge on any atom is 0.306 e. The van der Waals surface area contributed by atoms with E-state index in [4.69, 9.17) is 14.6 Å². The van der Waals surface area contributed by atoms with Gasteiger partial charge in [0.1, 0.15) is 6.61 Å². The lowest BCUT2D eigenvalue weighted by atomic mass is 10.2. The van der Waals surface area contributed by atoms with Crippen molar-refractivity contribution in [2.45, 2.75) is 45.9 Å². The lowest BCUT2D eigenvalue weighted by Gasteiger charge is -2.15. The summed E-state index contributed by atoms with van der Waals surface area (Å²) >= 11 is 0. The monoisotopic (exact) mass is 272 g/mol. The van der Waals surface area contributed by atoms with Gasteiger partial charge in [0.25, 0.3) is 0 Å². The Kier molecular flexibility index (Phi) is 6.98. The molecule has 0 aliphatic heterocycles. The first-order chi connectivity index (χ1) is 9.17. The van der Waals surface area contributed by atoms with Crippen molar-refractivity contribution in [3.8, 4) is 0 Å². The van der Waals surface area contributed by atoms with Crippen LogP contribution in [0, 0.1) is 0 Å². The van der Waals surface area contributed by atoms with Crippen LogP contribution >= 0.6 is 0 Å². The van der Waals surface area contributed by atoms with Gasteiger partial charge in [0.15, 0.2) is 5.82 Å². The second kappa shape index (κ2) is 8.54. The maximum atomic E-state index is 10.7. The molecule has 8 heteroatoms. The summed E-state index contributed by atoms with van der Waals surface area (Å²) < 4.78 is 12.3. The number of carbonyl (C=O) groups is 1. The molecule has 0 saturated carbocycles. The third-order valence-corrected chi connectivity index (χ3v) is 2.37. The van der Waals surface area contributed by atoms with E-state index in [2.05, 4.69) is 15.5 Å². The number of aliphatic carboxylic acids is 1. The molecule has 0 aromatic carbocycles. The molecule has 1 heterocycles. The van der Waals surface area contributed by atoms with Gasteiger partial charge in [-0.3, -0.25) is 4.79 Å². The first kappa shape index (κ1) is 15.5. The highest BCUT2D eigenvalue weighted by molar-refractivity contribution is 5.67. The van der Waals surface area contributed by atoms with Crippen LogP contribution < -0.4 is 0 Å². The van der Waals surface area contributed by atoms with E-state index in [0.717, 1.165) is 6.42 Å². The summed E-state index contributed by atoms with van der Waals surface area (Å²) in [4.78, 5) is 10.7. The van der Waals surface area contributed by atoms with Gasteiger partial charge >= 0.3 is 5.97 Å². The van der Waals surface area contributed by atoms with Gasteiger partial charge in [0.05, 0.1) is 19.1 Å². The summed E-state index contributed by atoms with van der Waals surface area (Å²) in [6.45, 7) is 5.53. The predicted octanol–water partition coefficient (Wildman–Crippen LogP) is 0.479. The van der Waals surface area contributed by atoms with Crippen molar-refractivity contribution in [2.75, 3.05) is 13.2 Å². The summed E-state index contributed by atoms with van der Waals surface area (Å²) in [5.74, 6) is -0.334. The van der Waals surface area contributed by atoms with Gasteiger partial charge in [-0.05, 0) is 23.8 Å². The number of tetrazole rings is 1. The highest BCUT2D eigenvalue weighted by Gasteiger charge is 2.17. The molecule has 0 fully saturated rings. The standard InChI is InChI=1S/C11H20N4O4/c1-3-5-18-8-10-12-13-14-15(10)7-9(19-4-2)6-11(16)17/h9H,3-8H2,1-2H3,(H,16,17). The molecule has 0 spiro atoms. The molecule has 0 bridgehead atoms. The number of carboxylic acids is 1. The Morgan fingerprint density at radius 2 is 2.26 bits per heavy atom. The van der Waals surface area contributed by atoms with E-state index in [9.17, 15) is 4.79 Å². The van der Waals surface area contributed by atoms with Gasteiger partial charge in [0.2, 0.25) is 0 Å². The average molecular weight is 272 g/mol. The number of hydrogen-bond donors (Lipinski definition) is 1. The third kappa shape index (κ3) is 5.75. The van der Waals surface area contributed by atoms with Crippen LogP contribution in [0.3, 0.4) is 0 Å². The largest absolute Gasteiger partial charge is 0.481 e. The van der Waals surface area contributed by atoms with Crippen LogP contribution in [0.2, 0.25) is 0 Å². The number of aromatic nitrogens is 4. The molecule has 0 aliphatic rings. The van der Waals surface area contributed by atoms with Gasteiger partial charge in [-0.25, -0.2) is 4.68 Å². The first-order valence-electron chi connectivity index (χ1n) is 6.33. The van der Waals surface area contributed by atoms with E-state index >= 15 is 0 Å². The van der Waals surface area contributed by atoms with Crippen LogP contribution in [0.25, 0.3) is 0 Å². The minimum Gasteiger partial charge on any atom is -0.481 e. The van der Waals surface area contributed by atoms with E-state index in [1.807, 2.05) is 13.8 Å². The highest BCUT2D eigenvalue weighted by Crippen LogP contribution is 2.05. The van der Waals surface area contributed by atoms with Crippen LogP contribution in [0.4, 0.5) is 0 Å². The number of ether oxygens (including phenoxy) is 2. The Balaban J connectivity index is 2.57. The molecule has 0 aliphatic carbocycles. The molecule has 1 rings (SSSR count). The van der Waals surface area contributed by atoms with Crippen molar-refractivity contribution >= 4 is 5.97 Å². The van der Waals surface area contributed by atoms with Crippen LogP contribution in [0.15, 0.2) is 0 Å². The fourth-order valence-electron chi connectivity index (χ4n) is 1.58. The zero-order valence-corrected chi connectivity index (χ0v) is 11.3. The Labute approximate surface area is 111 Å². The lowest BCUT2D eigenvalue weighted by molar-refractivity contribution is -0.140. The molecule has 0 radical (unpaired) electrons. The molecule has 1 aromatic rings. The second-order valence-corrected chi connectivity index (χ2v) is 4.01. The first-order valence-corrected chi connectivity index (χ1v) is 6.33. The third-order valence-electron chi connectivity index (χ3n) is 2.37. The zero-order chi connectivity index (χ0) is 14.1. The smallest absolute Gasteiger partial charge is 0.306 e. The molecule has 108 valence electrons. The van der Waals surface area contributed by atoms with E-state index in [1.165, 1.54) is 4.68 Å². The Hall–Kier alpha value is -1.54. The minimum absolute atomic E-state index is 0.0804. The summed E-state index contributed by atoms with van der Waals surface area (Å²) in [6, 6.07) is 0. The Morgan fingerprint density at radius 1 is 1.47 bits per heavy atom. The van der Waals surface area contributed by atoms with Gasteiger partial charge in [0, 0.05) is 13.2 Å². The quantitative estimate of drug-likeness (QED) is 0.618. The van der Waals surface area contributed by atoms with E-state index < -0.39 is 12.1 Å². The topological polar surface area (TPSA) is 99.4 Å². The number of hydrogen-bond acceptors (Lipinski definition) is 6.